The molecule has 0 saturated heterocycles. The van der Waals surface area contributed by atoms with Crippen molar-refractivity contribution in [3.8, 4) is 5.75 Å². The van der Waals surface area contributed by atoms with Crippen molar-refractivity contribution in [2.45, 2.75) is 13.0 Å². The predicted octanol–water partition coefficient (Wildman–Crippen LogP) is 2.31. The average molecular weight is 457 g/mol. The third kappa shape index (κ3) is 6.68. The first-order chi connectivity index (χ1) is 15.8. The molecule has 0 heterocycles. The number of hydrogen-bond acceptors (Lipinski definition) is 10. The van der Waals surface area contributed by atoms with Crippen LogP contribution in [0.4, 0.5) is 11.4 Å². The predicted molar refractivity (Wildman–Crippen MR) is 116 cm³/mol. The average Bonchev–Trinajstić information content (AvgIpc) is 2.82. The molecule has 0 aliphatic heterocycles. The van der Waals surface area contributed by atoms with Crippen LogP contribution in [0.2, 0.25) is 0 Å². The second kappa shape index (κ2) is 12.1. The number of benzene rings is 2. The molecular formula is C22H23N3O8. The van der Waals surface area contributed by atoms with Crippen molar-refractivity contribution in [3.05, 3.63) is 53.6 Å². The molecule has 0 aliphatic rings. The number of hydrogen-bond donors (Lipinski definition) is 2. The number of nitrogens with zero attached hydrogens (tertiary/aromatic N) is 2. The number of carbonyl (C=O) groups excluding carboxylic acids is 4. The monoisotopic (exact) mass is 457 g/mol. The minimum absolute atomic E-state index is 0.00949. The van der Waals surface area contributed by atoms with Crippen molar-refractivity contribution in [1.29, 1.82) is 0 Å². The van der Waals surface area contributed by atoms with Crippen LogP contribution in [0.15, 0.2) is 52.7 Å². The van der Waals surface area contributed by atoms with Gasteiger partial charge in [-0.1, -0.05) is 12.1 Å². The molecule has 0 spiro atoms. The van der Waals surface area contributed by atoms with Gasteiger partial charge in [-0.05, 0) is 37.3 Å². The lowest BCUT2D eigenvalue weighted by atomic mass is 10.1. The van der Waals surface area contributed by atoms with Crippen molar-refractivity contribution in [1.82, 2.24) is 0 Å². The van der Waals surface area contributed by atoms with Gasteiger partial charge in [0.25, 0.3) is 5.91 Å². The number of ketones is 1. The highest BCUT2D eigenvalue weighted by atomic mass is 16.5. The van der Waals surface area contributed by atoms with Crippen LogP contribution in [-0.2, 0) is 19.1 Å². The minimum Gasteiger partial charge on any atom is -0.489 e. The normalized spacial score (nSPS) is 11.5. The molecule has 0 radical (unpaired) electrons. The molecule has 0 fully saturated rings. The fourth-order valence-electron chi connectivity index (χ4n) is 2.63. The third-order valence-electron chi connectivity index (χ3n) is 4.23. The van der Waals surface area contributed by atoms with Crippen LogP contribution in [0, 0.1) is 0 Å². The van der Waals surface area contributed by atoms with E-state index >= 15 is 0 Å². The van der Waals surface area contributed by atoms with Gasteiger partial charge in [0, 0.05) is 0 Å². The Morgan fingerprint density at radius 1 is 1.03 bits per heavy atom. The van der Waals surface area contributed by atoms with Gasteiger partial charge >= 0.3 is 11.9 Å². The molecule has 0 saturated carbocycles. The number of nitrogens with one attached hydrogen (secondary N) is 1. The summed E-state index contributed by atoms with van der Waals surface area (Å²) in [5.74, 6) is -2.55. The van der Waals surface area contributed by atoms with Crippen molar-refractivity contribution in [2.24, 2.45) is 10.2 Å². The summed E-state index contributed by atoms with van der Waals surface area (Å²) in [6, 6.07) is 8.77. The molecular weight excluding hydrogens is 434 g/mol. The smallest absolute Gasteiger partial charge is 0.340 e. The van der Waals surface area contributed by atoms with E-state index in [0.29, 0.717) is 0 Å². The van der Waals surface area contributed by atoms with E-state index in [-0.39, 0.29) is 41.5 Å². The lowest BCUT2D eigenvalue weighted by Gasteiger charge is -2.13. The maximum absolute atomic E-state index is 12.7. The SMILES string of the molecule is COC(=O)c1ccc(C(=O)OC)c(N=NC(C(C)=O)C(=O)Nc2ccccc2OCCO)c1. The topological polar surface area (TPSA) is 153 Å². The zero-order valence-electron chi connectivity index (χ0n) is 18.2. The van der Waals surface area contributed by atoms with E-state index in [2.05, 4.69) is 20.3 Å². The van der Waals surface area contributed by atoms with Crippen LogP contribution in [0.3, 0.4) is 0 Å². The van der Waals surface area contributed by atoms with Gasteiger partial charge in [-0.3, -0.25) is 9.59 Å². The van der Waals surface area contributed by atoms with E-state index in [4.69, 9.17) is 14.6 Å². The van der Waals surface area contributed by atoms with Crippen molar-refractivity contribution >= 4 is 35.0 Å². The summed E-state index contributed by atoms with van der Waals surface area (Å²) in [6.07, 6.45) is 0. The van der Waals surface area contributed by atoms with Gasteiger partial charge in [0.05, 0.1) is 37.6 Å². The molecule has 2 aromatic rings. The Hall–Kier alpha value is -4.12. The van der Waals surface area contributed by atoms with E-state index in [1.807, 2.05) is 0 Å². The van der Waals surface area contributed by atoms with Gasteiger partial charge in [-0.25, -0.2) is 9.59 Å². The van der Waals surface area contributed by atoms with E-state index in [1.54, 1.807) is 24.3 Å². The van der Waals surface area contributed by atoms with Crippen LogP contribution in [0.25, 0.3) is 0 Å². The van der Waals surface area contributed by atoms with Crippen molar-refractivity contribution in [3.63, 3.8) is 0 Å². The van der Waals surface area contributed by atoms with E-state index in [0.717, 1.165) is 6.92 Å². The molecule has 0 bridgehead atoms. The van der Waals surface area contributed by atoms with Crippen molar-refractivity contribution in [2.75, 3.05) is 32.8 Å². The number of ether oxygens (including phenoxy) is 3. The number of aliphatic hydroxyl groups excluding tert-OH is 1. The Balaban J connectivity index is 2.35. The summed E-state index contributed by atoms with van der Waals surface area (Å²) < 4.78 is 14.7. The Morgan fingerprint density at radius 3 is 2.36 bits per heavy atom. The van der Waals surface area contributed by atoms with Crippen molar-refractivity contribution < 1.29 is 38.5 Å². The number of anilines is 1. The highest BCUT2D eigenvalue weighted by Gasteiger charge is 2.25. The zero-order chi connectivity index (χ0) is 24.4. The van der Waals surface area contributed by atoms with Gasteiger partial charge in [0.15, 0.2) is 5.78 Å². The van der Waals surface area contributed by atoms with Gasteiger partial charge in [0.1, 0.15) is 18.0 Å². The number of azo groups is 1. The second-order valence-electron chi connectivity index (χ2n) is 6.50. The van der Waals surface area contributed by atoms with Gasteiger partial charge in [0.2, 0.25) is 6.04 Å². The fraction of sp³-hybridized carbons (Fsp3) is 0.273. The van der Waals surface area contributed by atoms with Gasteiger partial charge < -0.3 is 24.6 Å². The minimum atomic E-state index is -1.55. The lowest BCUT2D eigenvalue weighted by molar-refractivity contribution is -0.126. The van der Waals surface area contributed by atoms with Crippen LogP contribution in [0.1, 0.15) is 27.6 Å². The molecule has 2 N–H and O–H groups in total. The first-order valence-corrected chi connectivity index (χ1v) is 9.67. The van der Waals surface area contributed by atoms with Crippen LogP contribution >= 0.6 is 0 Å². The van der Waals surface area contributed by atoms with Crippen LogP contribution < -0.4 is 10.1 Å². The highest BCUT2D eigenvalue weighted by molar-refractivity contribution is 6.10. The van der Waals surface area contributed by atoms with Gasteiger partial charge in [-0.2, -0.15) is 10.2 Å². The molecule has 33 heavy (non-hydrogen) atoms. The number of para-hydroxylation sites is 2. The Kier molecular flexibility index (Phi) is 9.18. The molecule has 1 unspecified atom stereocenters. The summed E-state index contributed by atoms with van der Waals surface area (Å²) in [5.41, 5.74) is 0.230. The van der Waals surface area contributed by atoms with E-state index in [1.165, 1.54) is 32.4 Å². The van der Waals surface area contributed by atoms with Gasteiger partial charge in [-0.15, -0.1) is 0 Å². The Morgan fingerprint density at radius 2 is 1.73 bits per heavy atom. The Bertz CT molecular complexity index is 1070. The molecule has 1 atom stereocenters. The number of aliphatic hydroxyl groups is 1. The third-order valence-corrected chi connectivity index (χ3v) is 4.23. The number of esters is 2. The maximum Gasteiger partial charge on any atom is 0.340 e. The molecule has 174 valence electrons. The molecule has 11 nitrogen and oxygen atoms in total. The maximum atomic E-state index is 12.7. The molecule has 2 aromatic carbocycles. The largest absolute Gasteiger partial charge is 0.489 e. The molecule has 11 heteroatoms. The molecule has 1 amide bonds. The molecule has 0 aromatic heterocycles. The number of rotatable bonds is 10. The number of Topliss-reactive ketones (excluding diaryl/α,β-unsaturated/α-hetero) is 1. The van der Waals surface area contributed by atoms with Crippen LogP contribution in [0.5, 0.6) is 5.75 Å². The lowest BCUT2D eigenvalue weighted by Crippen LogP contribution is -2.32. The van der Waals surface area contributed by atoms with E-state index < -0.39 is 29.7 Å². The number of methoxy groups -OCH3 is 2. The summed E-state index contributed by atoms with van der Waals surface area (Å²) in [6.45, 7) is 0.943. The summed E-state index contributed by atoms with van der Waals surface area (Å²) in [5, 5.41) is 19.2. The first-order valence-electron chi connectivity index (χ1n) is 9.67. The summed E-state index contributed by atoms with van der Waals surface area (Å²) in [4.78, 5) is 48.7. The second-order valence-corrected chi connectivity index (χ2v) is 6.50. The number of amides is 1. The molecule has 0 aliphatic carbocycles. The first kappa shape index (κ1) is 25.1. The zero-order valence-corrected chi connectivity index (χ0v) is 18.2. The van der Waals surface area contributed by atoms with Crippen LogP contribution in [-0.4, -0.2) is 62.2 Å². The summed E-state index contributed by atoms with van der Waals surface area (Å²) >= 11 is 0. The number of carbonyl (C=O) groups is 4. The highest BCUT2D eigenvalue weighted by Crippen LogP contribution is 2.26. The summed E-state index contributed by atoms with van der Waals surface area (Å²) in [7, 11) is 2.36. The fourth-order valence-corrected chi connectivity index (χ4v) is 2.63. The molecule has 2 rings (SSSR count). The standard InChI is InChI=1S/C22H23N3O8/c1-13(27)19(20(28)23-16-6-4-5-7-18(16)33-11-10-26)25-24-17-12-14(21(29)31-2)8-9-15(17)22(30)32-3/h4-9,12,19,26H,10-11H2,1-3H3,(H,23,28). The van der Waals surface area contributed by atoms with E-state index in [9.17, 15) is 19.2 Å². The quantitative estimate of drug-likeness (QED) is 0.313. The Labute approximate surface area is 189 Å².